The highest BCUT2D eigenvalue weighted by Gasteiger charge is 2.13. The first-order valence-electron chi connectivity index (χ1n) is 4.49. The van der Waals surface area contributed by atoms with Crippen LogP contribution in [-0.4, -0.2) is 23.7 Å². The average molecular weight is 172 g/mol. The van der Waals surface area contributed by atoms with Crippen LogP contribution in [0.4, 0.5) is 0 Å². The van der Waals surface area contributed by atoms with E-state index in [1.54, 1.807) is 5.48 Å². The molecule has 1 rings (SSSR count). The second-order valence-corrected chi connectivity index (χ2v) is 3.22. The van der Waals surface area contributed by atoms with Gasteiger partial charge in [-0.2, -0.15) is 0 Å². The van der Waals surface area contributed by atoms with E-state index in [9.17, 15) is 4.79 Å². The van der Waals surface area contributed by atoms with Gasteiger partial charge in [-0.25, -0.2) is 5.48 Å². The zero-order chi connectivity index (χ0) is 8.81. The molecule has 4 heteroatoms. The van der Waals surface area contributed by atoms with Crippen LogP contribution < -0.4 is 10.8 Å². The molecule has 0 spiro atoms. The number of amides is 1. The van der Waals surface area contributed by atoms with Gasteiger partial charge in [-0.1, -0.05) is 6.42 Å². The Kier molecular flexibility index (Phi) is 4.04. The summed E-state index contributed by atoms with van der Waals surface area (Å²) in [5, 5.41) is 11.6. The molecule has 0 aromatic heterocycles. The maximum atomic E-state index is 10.7. The zero-order valence-electron chi connectivity index (χ0n) is 7.18. The number of rotatable bonds is 3. The van der Waals surface area contributed by atoms with Gasteiger partial charge in [0.25, 0.3) is 0 Å². The number of carbonyl (C=O) groups excluding carboxylic acids is 1. The third-order valence-corrected chi connectivity index (χ3v) is 2.26. The van der Waals surface area contributed by atoms with E-state index in [4.69, 9.17) is 5.21 Å². The molecule has 3 N–H and O–H groups in total. The lowest BCUT2D eigenvalue weighted by atomic mass is 10.0. The minimum absolute atomic E-state index is 0.289. The standard InChI is InChI=1S/C8H16N2O2/c11-8(10-12)5-4-7-3-1-2-6-9-7/h7,9,12H,1-6H2,(H,10,11). The fourth-order valence-electron chi connectivity index (χ4n) is 1.53. The molecule has 1 amide bonds. The number of hydrogen-bond acceptors (Lipinski definition) is 3. The third kappa shape index (κ3) is 3.19. The monoisotopic (exact) mass is 172 g/mol. The van der Waals surface area contributed by atoms with Gasteiger partial charge in [-0.05, 0) is 25.8 Å². The van der Waals surface area contributed by atoms with Gasteiger partial charge in [-0.15, -0.1) is 0 Å². The van der Waals surface area contributed by atoms with Gasteiger partial charge >= 0.3 is 0 Å². The van der Waals surface area contributed by atoms with Crippen LogP contribution in [0.5, 0.6) is 0 Å². The van der Waals surface area contributed by atoms with E-state index in [-0.39, 0.29) is 5.91 Å². The number of hydroxylamine groups is 1. The molecule has 1 atom stereocenters. The molecule has 12 heavy (non-hydrogen) atoms. The van der Waals surface area contributed by atoms with E-state index >= 15 is 0 Å². The summed E-state index contributed by atoms with van der Waals surface area (Å²) < 4.78 is 0. The largest absolute Gasteiger partial charge is 0.314 e. The maximum Gasteiger partial charge on any atom is 0.243 e. The molecule has 1 saturated heterocycles. The quantitative estimate of drug-likeness (QED) is 0.427. The van der Waals surface area contributed by atoms with E-state index < -0.39 is 0 Å². The molecule has 1 aliphatic rings. The van der Waals surface area contributed by atoms with Crippen LogP contribution in [0.2, 0.25) is 0 Å². The van der Waals surface area contributed by atoms with Gasteiger partial charge in [0.15, 0.2) is 0 Å². The summed E-state index contributed by atoms with van der Waals surface area (Å²) in [6.45, 7) is 1.06. The second-order valence-electron chi connectivity index (χ2n) is 3.22. The third-order valence-electron chi connectivity index (χ3n) is 2.26. The summed E-state index contributed by atoms with van der Waals surface area (Å²) in [7, 11) is 0. The molecule has 1 aliphatic heterocycles. The van der Waals surface area contributed by atoms with E-state index in [2.05, 4.69) is 5.32 Å². The van der Waals surface area contributed by atoms with Crippen molar-refractivity contribution in [3.8, 4) is 0 Å². The van der Waals surface area contributed by atoms with Crippen molar-refractivity contribution in [1.82, 2.24) is 10.8 Å². The lowest BCUT2D eigenvalue weighted by molar-refractivity contribution is -0.129. The maximum absolute atomic E-state index is 10.7. The van der Waals surface area contributed by atoms with Gasteiger partial charge in [0.1, 0.15) is 0 Å². The Morgan fingerprint density at radius 3 is 3.00 bits per heavy atom. The summed E-state index contributed by atoms with van der Waals surface area (Å²) in [5.74, 6) is -0.289. The molecule has 1 heterocycles. The number of nitrogens with one attached hydrogen (secondary N) is 2. The number of piperidine rings is 1. The van der Waals surface area contributed by atoms with Crippen LogP contribution in [0.1, 0.15) is 32.1 Å². The van der Waals surface area contributed by atoms with Gasteiger partial charge in [0, 0.05) is 12.5 Å². The SMILES string of the molecule is O=C(CCC1CCCCN1)NO. The molecule has 0 aliphatic carbocycles. The first-order chi connectivity index (χ1) is 5.83. The minimum Gasteiger partial charge on any atom is -0.314 e. The molecule has 70 valence electrons. The molecule has 1 fully saturated rings. The first-order valence-corrected chi connectivity index (χ1v) is 4.49. The van der Waals surface area contributed by atoms with Crippen LogP contribution in [0.3, 0.4) is 0 Å². The van der Waals surface area contributed by atoms with Crippen molar-refractivity contribution in [2.24, 2.45) is 0 Å². The summed E-state index contributed by atoms with van der Waals surface area (Å²) in [6, 6.07) is 0.469. The van der Waals surface area contributed by atoms with Crippen molar-refractivity contribution >= 4 is 5.91 Å². The summed E-state index contributed by atoms with van der Waals surface area (Å²) >= 11 is 0. The van der Waals surface area contributed by atoms with Crippen molar-refractivity contribution in [2.45, 2.75) is 38.1 Å². The van der Waals surface area contributed by atoms with Gasteiger partial charge < -0.3 is 5.32 Å². The topological polar surface area (TPSA) is 61.4 Å². The molecule has 0 aromatic rings. The van der Waals surface area contributed by atoms with E-state index in [0.717, 1.165) is 19.4 Å². The Morgan fingerprint density at radius 1 is 1.58 bits per heavy atom. The highest BCUT2D eigenvalue weighted by atomic mass is 16.5. The van der Waals surface area contributed by atoms with E-state index in [1.807, 2.05) is 0 Å². The Morgan fingerprint density at radius 2 is 2.42 bits per heavy atom. The Balaban J connectivity index is 2.09. The van der Waals surface area contributed by atoms with Crippen LogP contribution in [0, 0.1) is 0 Å². The van der Waals surface area contributed by atoms with Crippen LogP contribution in [-0.2, 0) is 4.79 Å². The Labute approximate surface area is 72.3 Å². The van der Waals surface area contributed by atoms with Crippen molar-refractivity contribution in [2.75, 3.05) is 6.54 Å². The molecular weight excluding hydrogens is 156 g/mol. The molecular formula is C8H16N2O2. The van der Waals surface area contributed by atoms with Gasteiger partial charge in [-0.3, -0.25) is 10.0 Å². The highest BCUT2D eigenvalue weighted by molar-refractivity contribution is 5.74. The van der Waals surface area contributed by atoms with Crippen molar-refractivity contribution in [3.05, 3.63) is 0 Å². The molecule has 0 bridgehead atoms. The lowest BCUT2D eigenvalue weighted by Gasteiger charge is -2.22. The first kappa shape index (κ1) is 9.48. The average Bonchev–Trinajstić information content (AvgIpc) is 2.16. The summed E-state index contributed by atoms with van der Waals surface area (Å²) in [5.41, 5.74) is 1.64. The fourth-order valence-corrected chi connectivity index (χ4v) is 1.53. The zero-order valence-corrected chi connectivity index (χ0v) is 7.18. The van der Waals surface area contributed by atoms with Crippen LogP contribution in [0.25, 0.3) is 0 Å². The Hall–Kier alpha value is -0.610. The van der Waals surface area contributed by atoms with Crippen LogP contribution >= 0.6 is 0 Å². The molecule has 1 unspecified atom stereocenters. The molecule has 0 radical (unpaired) electrons. The van der Waals surface area contributed by atoms with Crippen molar-refractivity contribution in [1.29, 1.82) is 0 Å². The van der Waals surface area contributed by atoms with Gasteiger partial charge in [0.2, 0.25) is 5.91 Å². The summed E-state index contributed by atoms with van der Waals surface area (Å²) in [4.78, 5) is 10.7. The normalized spacial score (nSPS) is 23.6. The van der Waals surface area contributed by atoms with Crippen molar-refractivity contribution < 1.29 is 10.0 Å². The molecule has 0 aromatic carbocycles. The summed E-state index contributed by atoms with van der Waals surface area (Å²) in [6.07, 6.45) is 4.88. The van der Waals surface area contributed by atoms with Crippen LogP contribution in [0.15, 0.2) is 0 Å². The smallest absolute Gasteiger partial charge is 0.243 e. The predicted octanol–water partition coefficient (Wildman–Crippen LogP) is 0.414. The van der Waals surface area contributed by atoms with E-state index in [1.165, 1.54) is 12.8 Å². The highest BCUT2D eigenvalue weighted by Crippen LogP contribution is 2.11. The molecule has 4 nitrogen and oxygen atoms in total. The number of hydrogen-bond donors (Lipinski definition) is 3. The lowest BCUT2D eigenvalue weighted by Crippen LogP contribution is -2.35. The predicted molar refractivity (Wildman–Crippen MR) is 44.8 cm³/mol. The second kappa shape index (κ2) is 5.11. The fraction of sp³-hybridized carbons (Fsp3) is 0.875. The van der Waals surface area contributed by atoms with Gasteiger partial charge in [0.05, 0.1) is 0 Å². The van der Waals surface area contributed by atoms with E-state index in [0.29, 0.717) is 12.5 Å². The number of carbonyl (C=O) groups is 1. The minimum atomic E-state index is -0.289. The van der Waals surface area contributed by atoms with Crippen molar-refractivity contribution in [3.63, 3.8) is 0 Å². The molecule has 0 saturated carbocycles. The Bertz CT molecular complexity index is 144.